The average molecular weight is 395 g/mol. The van der Waals surface area contributed by atoms with E-state index in [1.54, 1.807) is 6.07 Å². The molecule has 0 aliphatic carbocycles. The number of para-hydroxylation sites is 1. The van der Waals surface area contributed by atoms with Crippen molar-refractivity contribution in [2.24, 2.45) is 0 Å². The second kappa shape index (κ2) is 7.26. The van der Waals surface area contributed by atoms with Gasteiger partial charge in [-0.05, 0) is 36.2 Å². The summed E-state index contributed by atoms with van der Waals surface area (Å²) in [6, 6.07) is 23.4. The van der Waals surface area contributed by atoms with Crippen LogP contribution in [0, 0.1) is 6.92 Å². The predicted molar refractivity (Wildman–Crippen MR) is 118 cm³/mol. The van der Waals surface area contributed by atoms with Gasteiger partial charge in [-0.1, -0.05) is 60.2 Å². The summed E-state index contributed by atoms with van der Waals surface area (Å²) < 4.78 is 0. The Morgan fingerprint density at radius 1 is 0.967 bits per heavy atom. The van der Waals surface area contributed by atoms with Crippen LogP contribution < -0.4 is 10.5 Å². The van der Waals surface area contributed by atoms with Crippen LogP contribution in [-0.4, -0.2) is 15.9 Å². The molecule has 5 rings (SSSR count). The number of benzene rings is 3. The first-order valence-electron chi connectivity index (χ1n) is 10.0. The van der Waals surface area contributed by atoms with Gasteiger partial charge in [0.1, 0.15) is 5.82 Å². The maximum absolute atomic E-state index is 13.4. The number of hydrogen-bond donors (Lipinski definition) is 1. The monoisotopic (exact) mass is 395 g/mol. The third-order valence-corrected chi connectivity index (χ3v) is 5.66. The second-order valence-electron chi connectivity index (χ2n) is 7.76. The maximum atomic E-state index is 13.4. The molecule has 0 spiro atoms. The molecule has 148 valence electrons. The largest absolute Gasteiger partial charge is 0.310 e. The van der Waals surface area contributed by atoms with Crippen LogP contribution in [0.4, 0.5) is 5.69 Å². The van der Waals surface area contributed by atoms with E-state index in [0.717, 1.165) is 22.4 Å². The fourth-order valence-electron chi connectivity index (χ4n) is 4.19. The molecule has 1 atom stereocenters. The molecule has 0 bridgehead atoms. The number of carbonyl (C=O) groups excluding carboxylic acids is 1. The molecule has 2 heterocycles. The van der Waals surface area contributed by atoms with Gasteiger partial charge in [0.15, 0.2) is 0 Å². The van der Waals surface area contributed by atoms with Crippen LogP contribution in [0.3, 0.4) is 0 Å². The van der Waals surface area contributed by atoms with E-state index in [-0.39, 0.29) is 17.4 Å². The Kier molecular flexibility index (Phi) is 4.43. The number of H-pyrrole nitrogens is 1. The summed E-state index contributed by atoms with van der Waals surface area (Å²) in [5.41, 5.74) is 4.58. The van der Waals surface area contributed by atoms with E-state index in [1.807, 2.05) is 72.5 Å². The molecule has 0 saturated heterocycles. The highest BCUT2D eigenvalue weighted by molar-refractivity contribution is 6.05. The molecule has 0 fully saturated rings. The van der Waals surface area contributed by atoms with Crippen LogP contribution in [0.25, 0.3) is 10.9 Å². The highest BCUT2D eigenvalue weighted by atomic mass is 16.2. The lowest BCUT2D eigenvalue weighted by atomic mass is 9.95. The molecular weight excluding hydrogens is 374 g/mol. The average Bonchev–Trinajstić information content (AvgIpc) is 3.00. The lowest BCUT2D eigenvalue weighted by Crippen LogP contribution is -2.29. The standard InChI is InChI=1S/C25H21N3O2/c1-16-11-12-22-19(13-16)20(25(30)28(22)15-17-7-3-2-4-8-17)14-23-26-21-10-6-5-9-18(21)24(29)27-23/h2-13,20H,14-15H2,1H3,(H,26,27,29)/t20-/m1/s1. The van der Waals surface area contributed by atoms with Crippen LogP contribution in [0.5, 0.6) is 0 Å². The molecule has 5 nitrogen and oxygen atoms in total. The third-order valence-electron chi connectivity index (χ3n) is 5.66. The fraction of sp³-hybridized carbons (Fsp3) is 0.160. The van der Waals surface area contributed by atoms with Crippen molar-refractivity contribution in [1.82, 2.24) is 9.97 Å². The van der Waals surface area contributed by atoms with Crippen molar-refractivity contribution in [1.29, 1.82) is 0 Å². The Balaban J connectivity index is 1.53. The lowest BCUT2D eigenvalue weighted by Gasteiger charge is -2.18. The molecule has 1 aliphatic rings. The zero-order valence-electron chi connectivity index (χ0n) is 16.6. The first kappa shape index (κ1) is 18.3. The van der Waals surface area contributed by atoms with E-state index < -0.39 is 0 Å². The van der Waals surface area contributed by atoms with E-state index in [4.69, 9.17) is 0 Å². The van der Waals surface area contributed by atoms with Gasteiger partial charge in [0, 0.05) is 12.1 Å². The number of rotatable bonds is 4. The summed E-state index contributed by atoms with van der Waals surface area (Å²) in [5.74, 6) is 0.203. The molecule has 0 unspecified atom stereocenters. The normalized spacial score (nSPS) is 15.6. The number of anilines is 1. The molecular formula is C25H21N3O2. The quantitative estimate of drug-likeness (QED) is 0.566. The maximum Gasteiger partial charge on any atom is 0.258 e. The van der Waals surface area contributed by atoms with E-state index >= 15 is 0 Å². The topological polar surface area (TPSA) is 66.1 Å². The summed E-state index contributed by atoms with van der Waals surface area (Å²) in [7, 11) is 0. The Labute approximate surface area is 174 Å². The number of aromatic nitrogens is 2. The van der Waals surface area contributed by atoms with Gasteiger partial charge in [-0.15, -0.1) is 0 Å². The van der Waals surface area contributed by atoms with E-state index in [2.05, 4.69) is 16.0 Å². The van der Waals surface area contributed by atoms with Crippen molar-refractivity contribution in [2.75, 3.05) is 4.90 Å². The molecule has 4 aromatic rings. The second-order valence-corrected chi connectivity index (χ2v) is 7.76. The van der Waals surface area contributed by atoms with Crippen LogP contribution in [0.1, 0.15) is 28.4 Å². The van der Waals surface area contributed by atoms with E-state index in [9.17, 15) is 9.59 Å². The number of aromatic amines is 1. The number of nitrogens with zero attached hydrogens (tertiary/aromatic N) is 2. The summed E-state index contributed by atoms with van der Waals surface area (Å²) in [6.07, 6.45) is 0.362. The van der Waals surface area contributed by atoms with E-state index in [0.29, 0.717) is 29.7 Å². The van der Waals surface area contributed by atoms with Crippen molar-refractivity contribution in [3.63, 3.8) is 0 Å². The molecule has 1 aromatic heterocycles. The SMILES string of the molecule is Cc1ccc2c(c1)[C@@H](Cc1nc3ccccc3c(=O)[nH]1)C(=O)N2Cc1ccccc1. The van der Waals surface area contributed by atoms with Crippen LogP contribution in [-0.2, 0) is 17.8 Å². The van der Waals surface area contributed by atoms with E-state index in [1.165, 1.54) is 0 Å². The minimum absolute atomic E-state index is 0.0373. The van der Waals surface area contributed by atoms with Crippen molar-refractivity contribution in [3.05, 3.63) is 106 Å². The fourth-order valence-corrected chi connectivity index (χ4v) is 4.19. The minimum atomic E-state index is -0.368. The number of carbonyl (C=O) groups is 1. The Bertz CT molecular complexity index is 1310. The predicted octanol–water partition coefficient (Wildman–Crippen LogP) is 4.10. The first-order chi connectivity index (χ1) is 14.6. The summed E-state index contributed by atoms with van der Waals surface area (Å²) in [5, 5.41) is 0.556. The Morgan fingerprint density at radius 3 is 2.57 bits per heavy atom. The zero-order valence-corrected chi connectivity index (χ0v) is 16.6. The van der Waals surface area contributed by atoms with Crippen LogP contribution in [0.2, 0.25) is 0 Å². The van der Waals surface area contributed by atoms with Crippen molar-refractivity contribution in [2.45, 2.75) is 25.8 Å². The highest BCUT2D eigenvalue weighted by Gasteiger charge is 2.37. The van der Waals surface area contributed by atoms with Crippen LogP contribution in [0.15, 0.2) is 77.6 Å². The van der Waals surface area contributed by atoms with Crippen molar-refractivity contribution >= 4 is 22.5 Å². The van der Waals surface area contributed by atoms with Gasteiger partial charge < -0.3 is 9.88 Å². The zero-order chi connectivity index (χ0) is 20.7. The third kappa shape index (κ3) is 3.18. The van der Waals surface area contributed by atoms with Crippen LogP contribution >= 0.6 is 0 Å². The molecule has 5 heteroatoms. The van der Waals surface area contributed by atoms with Gasteiger partial charge >= 0.3 is 0 Å². The van der Waals surface area contributed by atoms with Gasteiger partial charge in [0.2, 0.25) is 5.91 Å². The molecule has 1 amide bonds. The van der Waals surface area contributed by atoms with Gasteiger partial charge in [0.25, 0.3) is 5.56 Å². The highest BCUT2D eigenvalue weighted by Crippen LogP contribution is 2.40. The number of hydrogen-bond acceptors (Lipinski definition) is 3. The van der Waals surface area contributed by atoms with Gasteiger partial charge in [-0.2, -0.15) is 0 Å². The summed E-state index contributed by atoms with van der Waals surface area (Å²) in [4.78, 5) is 35.2. The molecule has 30 heavy (non-hydrogen) atoms. The van der Waals surface area contributed by atoms with Gasteiger partial charge in [-0.25, -0.2) is 4.98 Å². The van der Waals surface area contributed by atoms with Gasteiger partial charge in [0.05, 0.1) is 23.4 Å². The van der Waals surface area contributed by atoms with Crippen molar-refractivity contribution < 1.29 is 4.79 Å². The molecule has 3 aromatic carbocycles. The smallest absolute Gasteiger partial charge is 0.258 e. The number of aryl methyl sites for hydroxylation is 1. The molecule has 1 N–H and O–H groups in total. The summed E-state index contributed by atoms with van der Waals surface area (Å²) in [6.45, 7) is 2.55. The molecule has 0 saturated carbocycles. The van der Waals surface area contributed by atoms with Crippen molar-refractivity contribution in [3.8, 4) is 0 Å². The first-order valence-corrected chi connectivity index (χ1v) is 10.0. The molecule has 1 aliphatic heterocycles. The number of nitrogens with one attached hydrogen (secondary N) is 1. The minimum Gasteiger partial charge on any atom is -0.310 e. The number of fused-ring (bicyclic) bond motifs is 2. The number of amides is 1. The lowest BCUT2D eigenvalue weighted by molar-refractivity contribution is -0.119. The Morgan fingerprint density at radius 2 is 1.73 bits per heavy atom. The Hall–Kier alpha value is -3.73. The summed E-state index contributed by atoms with van der Waals surface area (Å²) >= 11 is 0. The molecule has 0 radical (unpaired) electrons. The van der Waals surface area contributed by atoms with Gasteiger partial charge in [-0.3, -0.25) is 9.59 Å².